The number of esters is 2. The van der Waals surface area contributed by atoms with Crippen LogP contribution >= 0.6 is 0 Å². The van der Waals surface area contributed by atoms with E-state index in [4.69, 9.17) is 14.2 Å². The molecular weight excluding hydrogens is 835 g/mol. The van der Waals surface area contributed by atoms with Crippen LogP contribution in [0.4, 0.5) is 0 Å². The largest absolute Gasteiger partial charge is 0.477 e. The number of carboxylic acids is 1. The SMILES string of the molecule is CC/C=C/C/C=C/C/C=C/C/C=C/CCCCCCCCCCCCC(=O)OCC(COCCC(C(=O)O)[N+](C)(C)C)OC(=O)CCCCCCCCCCCC/C=C/C/C=C/C/C=C/CC. The van der Waals surface area contributed by atoms with Crippen LogP contribution in [0.25, 0.3) is 0 Å². The summed E-state index contributed by atoms with van der Waals surface area (Å²) >= 11 is 0. The molecule has 0 aliphatic rings. The standard InChI is InChI=1S/C59H101NO7/c1-6-8-10-12-14-16-18-20-22-24-26-28-29-30-32-33-35-37-39-41-43-45-47-49-57(61)66-54-55(53-65-52-51-56(59(63)64)60(3,4)5)67-58(62)50-48-46-44-42-40-38-36-34-31-27-25-23-21-19-17-15-13-11-9-7-2/h8-11,14-17,20-23,26,28,55-56H,6-7,12-13,18-19,24-25,27,29-54H2,1-5H3/p+1/b10-8+,11-9+,16-14+,17-15+,22-20+,23-21+,28-26+. The maximum atomic E-state index is 12.8. The highest BCUT2D eigenvalue weighted by atomic mass is 16.6. The molecule has 0 spiro atoms. The maximum Gasteiger partial charge on any atom is 0.362 e. The molecule has 384 valence electrons. The van der Waals surface area contributed by atoms with Crippen molar-refractivity contribution in [1.29, 1.82) is 0 Å². The van der Waals surface area contributed by atoms with Gasteiger partial charge in [-0.15, -0.1) is 0 Å². The Balaban J connectivity index is 4.22. The fraction of sp³-hybridized carbons (Fsp3) is 0.712. The second-order valence-corrected chi connectivity index (χ2v) is 19.1. The minimum atomic E-state index is -0.877. The second kappa shape index (κ2) is 48.9. The maximum absolute atomic E-state index is 12.8. The van der Waals surface area contributed by atoms with Gasteiger partial charge in [-0.25, -0.2) is 4.79 Å². The van der Waals surface area contributed by atoms with Crippen molar-refractivity contribution in [3.8, 4) is 0 Å². The first kappa shape index (κ1) is 63.5. The molecule has 67 heavy (non-hydrogen) atoms. The number of rotatable bonds is 48. The predicted molar refractivity (Wildman–Crippen MR) is 284 cm³/mol. The van der Waals surface area contributed by atoms with E-state index in [-0.39, 0.29) is 36.2 Å². The summed E-state index contributed by atoms with van der Waals surface area (Å²) in [5, 5.41) is 9.67. The van der Waals surface area contributed by atoms with Crippen molar-refractivity contribution in [3.05, 3.63) is 85.1 Å². The zero-order valence-corrected chi connectivity index (χ0v) is 43.8. The Labute approximate surface area is 412 Å². The number of quaternary nitrogens is 1. The molecule has 1 N–H and O–H groups in total. The third kappa shape index (κ3) is 47.4. The van der Waals surface area contributed by atoms with Crippen LogP contribution < -0.4 is 0 Å². The van der Waals surface area contributed by atoms with Crippen molar-refractivity contribution in [2.24, 2.45) is 0 Å². The molecule has 0 heterocycles. The molecule has 0 radical (unpaired) electrons. The van der Waals surface area contributed by atoms with Gasteiger partial charge in [-0.2, -0.15) is 0 Å². The molecule has 0 aromatic rings. The molecule has 0 bridgehead atoms. The number of ether oxygens (including phenoxy) is 3. The van der Waals surface area contributed by atoms with E-state index < -0.39 is 18.1 Å². The fourth-order valence-corrected chi connectivity index (χ4v) is 7.69. The van der Waals surface area contributed by atoms with Crippen LogP contribution in [-0.4, -0.2) is 80.6 Å². The van der Waals surface area contributed by atoms with Gasteiger partial charge in [0.1, 0.15) is 6.61 Å². The van der Waals surface area contributed by atoms with Gasteiger partial charge in [0.2, 0.25) is 0 Å². The molecule has 0 rings (SSSR count). The molecule has 0 aromatic heterocycles. The topological polar surface area (TPSA) is 99.1 Å². The number of carbonyl (C=O) groups is 3. The summed E-state index contributed by atoms with van der Waals surface area (Å²) in [6, 6.07) is -0.620. The number of aliphatic carboxylic acids is 1. The predicted octanol–water partition coefficient (Wildman–Crippen LogP) is 16.0. The molecular formula is C59H102NO7+. The van der Waals surface area contributed by atoms with Gasteiger partial charge in [-0.3, -0.25) is 9.59 Å². The fourth-order valence-electron chi connectivity index (χ4n) is 7.69. The van der Waals surface area contributed by atoms with E-state index in [1.54, 1.807) is 0 Å². The van der Waals surface area contributed by atoms with Crippen LogP contribution in [0, 0.1) is 0 Å². The number of unbranched alkanes of at least 4 members (excludes halogenated alkanes) is 20. The lowest BCUT2D eigenvalue weighted by atomic mass is 10.0. The summed E-state index contributed by atoms with van der Waals surface area (Å²) in [5.41, 5.74) is 0. The molecule has 8 heteroatoms. The Morgan fingerprint density at radius 3 is 1.16 bits per heavy atom. The summed E-state index contributed by atoms with van der Waals surface area (Å²) in [4.78, 5) is 37.3. The van der Waals surface area contributed by atoms with Gasteiger partial charge in [-0.1, -0.05) is 202 Å². The van der Waals surface area contributed by atoms with E-state index in [9.17, 15) is 19.5 Å². The van der Waals surface area contributed by atoms with E-state index in [1.807, 2.05) is 21.1 Å². The summed E-state index contributed by atoms with van der Waals surface area (Å²) < 4.78 is 17.4. The minimum absolute atomic E-state index is 0.0551. The highest BCUT2D eigenvalue weighted by molar-refractivity contribution is 5.72. The Hall–Kier alpha value is -3.49. The van der Waals surface area contributed by atoms with E-state index in [0.29, 0.717) is 19.3 Å². The molecule has 0 saturated carbocycles. The van der Waals surface area contributed by atoms with Crippen LogP contribution in [0.5, 0.6) is 0 Å². The molecule has 0 fully saturated rings. The van der Waals surface area contributed by atoms with Crippen molar-refractivity contribution >= 4 is 17.9 Å². The lowest BCUT2D eigenvalue weighted by Gasteiger charge is -2.31. The molecule has 0 saturated heterocycles. The van der Waals surface area contributed by atoms with E-state index in [2.05, 4.69) is 98.9 Å². The first-order chi connectivity index (χ1) is 32.6. The smallest absolute Gasteiger partial charge is 0.362 e. The summed E-state index contributed by atoms with van der Waals surface area (Å²) in [7, 11) is 5.53. The van der Waals surface area contributed by atoms with Gasteiger partial charge in [0.25, 0.3) is 0 Å². The van der Waals surface area contributed by atoms with E-state index in [0.717, 1.165) is 83.5 Å². The highest BCUT2D eigenvalue weighted by Crippen LogP contribution is 2.15. The Kier molecular flexibility index (Phi) is 46.4. The van der Waals surface area contributed by atoms with Crippen molar-refractivity contribution in [1.82, 2.24) is 0 Å². The Morgan fingerprint density at radius 1 is 0.448 bits per heavy atom. The van der Waals surface area contributed by atoms with Gasteiger partial charge < -0.3 is 23.8 Å². The number of likely N-dealkylation sites (N-methyl/N-ethyl adjacent to an activating group) is 1. The third-order valence-corrected chi connectivity index (χ3v) is 11.8. The molecule has 0 aliphatic heterocycles. The van der Waals surface area contributed by atoms with Crippen molar-refractivity contribution in [3.63, 3.8) is 0 Å². The van der Waals surface area contributed by atoms with Crippen LogP contribution in [0.3, 0.4) is 0 Å². The van der Waals surface area contributed by atoms with Gasteiger partial charge >= 0.3 is 17.9 Å². The number of hydrogen-bond acceptors (Lipinski definition) is 6. The van der Waals surface area contributed by atoms with E-state index in [1.165, 1.54) is 103 Å². The van der Waals surface area contributed by atoms with Crippen molar-refractivity contribution in [2.75, 3.05) is 41.0 Å². The Bertz CT molecular complexity index is 1370. The first-order valence-electron chi connectivity index (χ1n) is 27.1. The number of carbonyl (C=O) groups excluding carboxylic acids is 2. The molecule has 8 nitrogen and oxygen atoms in total. The van der Waals surface area contributed by atoms with E-state index >= 15 is 0 Å². The average molecular weight is 937 g/mol. The van der Waals surface area contributed by atoms with Crippen LogP contribution in [0.15, 0.2) is 85.1 Å². The number of allylic oxidation sites excluding steroid dienone is 14. The molecule has 2 atom stereocenters. The average Bonchev–Trinajstić information content (AvgIpc) is 3.29. The van der Waals surface area contributed by atoms with Crippen molar-refractivity contribution in [2.45, 2.75) is 231 Å². The summed E-state index contributed by atoms with van der Waals surface area (Å²) in [6.07, 6.45) is 64.9. The third-order valence-electron chi connectivity index (χ3n) is 11.8. The number of carboxylic acid groups (broad SMARTS) is 1. The van der Waals surface area contributed by atoms with Crippen molar-refractivity contribution < 1.29 is 38.2 Å². The van der Waals surface area contributed by atoms with Gasteiger partial charge in [0, 0.05) is 19.3 Å². The summed E-state index contributed by atoms with van der Waals surface area (Å²) in [5.74, 6) is -1.48. The number of nitrogens with zero attached hydrogens (tertiary/aromatic N) is 1. The lowest BCUT2D eigenvalue weighted by Crippen LogP contribution is -2.50. The summed E-state index contributed by atoms with van der Waals surface area (Å²) in [6.45, 7) is 4.52. The van der Waals surface area contributed by atoms with Gasteiger partial charge in [-0.05, 0) is 83.5 Å². The Morgan fingerprint density at radius 2 is 0.791 bits per heavy atom. The van der Waals surface area contributed by atoms with Gasteiger partial charge in [0.15, 0.2) is 12.1 Å². The van der Waals surface area contributed by atoms with Gasteiger partial charge in [0.05, 0.1) is 34.4 Å². The minimum Gasteiger partial charge on any atom is -0.477 e. The lowest BCUT2D eigenvalue weighted by molar-refractivity contribution is -0.887. The highest BCUT2D eigenvalue weighted by Gasteiger charge is 2.31. The van der Waals surface area contributed by atoms with Crippen LogP contribution in [-0.2, 0) is 28.6 Å². The molecule has 0 amide bonds. The van der Waals surface area contributed by atoms with Crippen LogP contribution in [0.2, 0.25) is 0 Å². The molecule has 2 unspecified atom stereocenters. The zero-order chi connectivity index (χ0) is 49.2. The normalized spacial score (nSPS) is 13.5. The zero-order valence-electron chi connectivity index (χ0n) is 43.8. The number of hydrogen-bond donors (Lipinski definition) is 1. The molecule has 0 aromatic carbocycles. The first-order valence-corrected chi connectivity index (χ1v) is 27.1. The van der Waals surface area contributed by atoms with Crippen LogP contribution in [0.1, 0.15) is 219 Å². The second-order valence-electron chi connectivity index (χ2n) is 19.1. The molecule has 0 aliphatic carbocycles. The quantitative estimate of drug-likeness (QED) is 0.0281. The monoisotopic (exact) mass is 937 g/mol.